The molecule has 0 aliphatic heterocycles. The number of rotatable bonds is 3. The van der Waals surface area contributed by atoms with Gasteiger partial charge in [0.1, 0.15) is 0 Å². The summed E-state index contributed by atoms with van der Waals surface area (Å²) in [6, 6.07) is 0. The molecular formula is C10H12ClN5. The van der Waals surface area contributed by atoms with Crippen molar-refractivity contribution in [3.05, 3.63) is 23.2 Å². The maximum Gasteiger partial charge on any atom is 0.252 e. The minimum atomic E-state index is 0.0442. The first-order valence-electron chi connectivity index (χ1n) is 5.30. The Hall–Kier alpha value is -1.20. The van der Waals surface area contributed by atoms with E-state index in [2.05, 4.69) is 15.1 Å². The molecule has 16 heavy (non-hydrogen) atoms. The molecule has 6 heteroatoms. The molecule has 0 spiro atoms. The second-order valence-electron chi connectivity index (χ2n) is 4.41. The van der Waals surface area contributed by atoms with E-state index in [1.807, 2.05) is 0 Å². The highest BCUT2D eigenvalue weighted by Gasteiger charge is 2.37. The molecule has 1 aliphatic rings. The molecule has 0 bridgehead atoms. The van der Waals surface area contributed by atoms with Gasteiger partial charge >= 0.3 is 0 Å². The van der Waals surface area contributed by atoms with Crippen LogP contribution in [0, 0.1) is 0 Å². The van der Waals surface area contributed by atoms with E-state index >= 15 is 0 Å². The van der Waals surface area contributed by atoms with Crippen molar-refractivity contribution >= 4 is 17.4 Å². The summed E-state index contributed by atoms with van der Waals surface area (Å²) in [5.41, 5.74) is 6.06. The Morgan fingerprint density at radius 3 is 3.06 bits per heavy atom. The Bertz CT molecular complexity index is 531. The van der Waals surface area contributed by atoms with E-state index in [4.69, 9.17) is 17.3 Å². The standard InChI is InChI=1S/C10H12ClN5/c11-7-5-13-9-14-8(15-16(9)6-7)1-2-10(12)3-4-10/h5-6H,1-4,12H2. The molecule has 1 fully saturated rings. The van der Waals surface area contributed by atoms with Crippen LogP contribution in [0.4, 0.5) is 0 Å². The summed E-state index contributed by atoms with van der Waals surface area (Å²) >= 11 is 5.82. The van der Waals surface area contributed by atoms with Crippen LogP contribution in [0.2, 0.25) is 5.02 Å². The van der Waals surface area contributed by atoms with Crippen LogP contribution in [-0.4, -0.2) is 25.1 Å². The molecule has 1 saturated carbocycles. The van der Waals surface area contributed by atoms with Crippen molar-refractivity contribution in [1.29, 1.82) is 0 Å². The number of hydrogen-bond donors (Lipinski definition) is 1. The van der Waals surface area contributed by atoms with Gasteiger partial charge < -0.3 is 5.73 Å². The van der Waals surface area contributed by atoms with Crippen LogP contribution in [-0.2, 0) is 6.42 Å². The molecule has 0 unspecified atom stereocenters. The molecule has 2 N–H and O–H groups in total. The molecule has 84 valence electrons. The first kappa shape index (κ1) is 9.99. The van der Waals surface area contributed by atoms with Gasteiger partial charge in [-0.15, -0.1) is 5.10 Å². The van der Waals surface area contributed by atoms with E-state index in [-0.39, 0.29) is 5.54 Å². The fourth-order valence-corrected chi connectivity index (χ4v) is 1.82. The molecule has 0 saturated heterocycles. The largest absolute Gasteiger partial charge is 0.325 e. The lowest BCUT2D eigenvalue weighted by atomic mass is 10.1. The van der Waals surface area contributed by atoms with Crippen molar-refractivity contribution in [2.75, 3.05) is 0 Å². The van der Waals surface area contributed by atoms with Gasteiger partial charge in [-0.3, -0.25) is 0 Å². The van der Waals surface area contributed by atoms with Crippen molar-refractivity contribution in [2.45, 2.75) is 31.2 Å². The van der Waals surface area contributed by atoms with Gasteiger partial charge in [0.2, 0.25) is 0 Å². The lowest BCUT2D eigenvalue weighted by molar-refractivity contribution is 0.595. The predicted octanol–water partition coefficient (Wildman–Crippen LogP) is 1.20. The Labute approximate surface area is 97.6 Å². The molecule has 0 aromatic carbocycles. The topological polar surface area (TPSA) is 69.1 Å². The number of aromatic nitrogens is 4. The number of halogens is 1. The highest BCUT2D eigenvalue weighted by molar-refractivity contribution is 6.30. The molecule has 2 heterocycles. The third kappa shape index (κ3) is 1.88. The smallest absolute Gasteiger partial charge is 0.252 e. The zero-order valence-electron chi connectivity index (χ0n) is 8.73. The predicted molar refractivity (Wildman–Crippen MR) is 60.3 cm³/mol. The Morgan fingerprint density at radius 2 is 2.31 bits per heavy atom. The van der Waals surface area contributed by atoms with E-state index in [0.717, 1.165) is 31.5 Å². The Balaban J connectivity index is 1.82. The highest BCUT2D eigenvalue weighted by Crippen LogP contribution is 2.36. The number of nitrogens with zero attached hydrogens (tertiary/aromatic N) is 4. The fraction of sp³-hybridized carbons (Fsp3) is 0.500. The van der Waals surface area contributed by atoms with Crippen LogP contribution in [0.15, 0.2) is 12.4 Å². The first-order valence-corrected chi connectivity index (χ1v) is 5.68. The van der Waals surface area contributed by atoms with E-state index in [0.29, 0.717) is 10.8 Å². The second kappa shape index (κ2) is 3.40. The zero-order chi connectivity index (χ0) is 11.2. The molecule has 0 atom stereocenters. The minimum absolute atomic E-state index is 0.0442. The molecule has 3 rings (SSSR count). The van der Waals surface area contributed by atoms with Crippen LogP contribution in [0.1, 0.15) is 25.1 Å². The molecule has 2 aromatic heterocycles. The monoisotopic (exact) mass is 237 g/mol. The van der Waals surface area contributed by atoms with Crippen molar-refractivity contribution in [3.8, 4) is 0 Å². The van der Waals surface area contributed by atoms with Crippen molar-refractivity contribution in [1.82, 2.24) is 19.6 Å². The van der Waals surface area contributed by atoms with Crippen LogP contribution < -0.4 is 5.73 Å². The van der Waals surface area contributed by atoms with Crippen LogP contribution in [0.25, 0.3) is 5.78 Å². The Kier molecular flexibility index (Phi) is 2.12. The van der Waals surface area contributed by atoms with Crippen molar-refractivity contribution in [2.24, 2.45) is 5.73 Å². The highest BCUT2D eigenvalue weighted by atomic mass is 35.5. The zero-order valence-corrected chi connectivity index (χ0v) is 9.48. The molecule has 1 aliphatic carbocycles. The van der Waals surface area contributed by atoms with Crippen LogP contribution >= 0.6 is 11.6 Å². The van der Waals surface area contributed by atoms with Gasteiger partial charge in [-0.05, 0) is 19.3 Å². The Morgan fingerprint density at radius 1 is 1.50 bits per heavy atom. The van der Waals surface area contributed by atoms with Crippen molar-refractivity contribution in [3.63, 3.8) is 0 Å². The average molecular weight is 238 g/mol. The average Bonchev–Trinajstić information content (AvgIpc) is 2.85. The summed E-state index contributed by atoms with van der Waals surface area (Å²) in [6.07, 6.45) is 7.25. The maximum atomic E-state index is 6.01. The van der Waals surface area contributed by atoms with Gasteiger partial charge in [0, 0.05) is 12.0 Å². The maximum absolute atomic E-state index is 6.01. The van der Waals surface area contributed by atoms with E-state index in [9.17, 15) is 0 Å². The van der Waals surface area contributed by atoms with Gasteiger partial charge in [-0.25, -0.2) is 9.50 Å². The SMILES string of the molecule is NC1(CCc2nc3ncc(Cl)cn3n2)CC1. The minimum Gasteiger partial charge on any atom is -0.325 e. The molecule has 5 nitrogen and oxygen atoms in total. The summed E-state index contributed by atoms with van der Waals surface area (Å²) in [7, 11) is 0. The van der Waals surface area contributed by atoms with Gasteiger partial charge in [0.05, 0.1) is 17.4 Å². The number of hydrogen-bond acceptors (Lipinski definition) is 4. The summed E-state index contributed by atoms with van der Waals surface area (Å²) < 4.78 is 1.60. The second-order valence-corrected chi connectivity index (χ2v) is 4.84. The summed E-state index contributed by atoms with van der Waals surface area (Å²) in [5.74, 6) is 1.37. The number of fused-ring (bicyclic) bond motifs is 1. The summed E-state index contributed by atoms with van der Waals surface area (Å²) in [5, 5.41) is 4.86. The third-order valence-electron chi connectivity index (χ3n) is 2.94. The number of aryl methyl sites for hydroxylation is 1. The van der Waals surface area contributed by atoms with Gasteiger partial charge in [0.15, 0.2) is 5.82 Å². The van der Waals surface area contributed by atoms with E-state index in [1.54, 1.807) is 16.9 Å². The van der Waals surface area contributed by atoms with Gasteiger partial charge in [-0.1, -0.05) is 11.6 Å². The quantitative estimate of drug-likeness (QED) is 0.871. The van der Waals surface area contributed by atoms with E-state index < -0.39 is 0 Å². The molecule has 0 radical (unpaired) electrons. The van der Waals surface area contributed by atoms with Crippen molar-refractivity contribution < 1.29 is 0 Å². The molecular weight excluding hydrogens is 226 g/mol. The van der Waals surface area contributed by atoms with Crippen LogP contribution in [0.3, 0.4) is 0 Å². The fourth-order valence-electron chi connectivity index (χ4n) is 1.68. The summed E-state index contributed by atoms with van der Waals surface area (Å²) in [4.78, 5) is 8.40. The lowest BCUT2D eigenvalue weighted by Gasteiger charge is -2.04. The van der Waals surface area contributed by atoms with Crippen LogP contribution in [0.5, 0.6) is 0 Å². The third-order valence-corrected chi connectivity index (χ3v) is 3.14. The van der Waals surface area contributed by atoms with E-state index in [1.165, 1.54) is 0 Å². The lowest BCUT2D eigenvalue weighted by Crippen LogP contribution is -2.22. The normalized spacial score (nSPS) is 17.9. The van der Waals surface area contributed by atoms with Gasteiger partial charge in [-0.2, -0.15) is 4.98 Å². The molecule has 0 amide bonds. The number of nitrogens with two attached hydrogens (primary N) is 1. The first-order chi connectivity index (χ1) is 7.65. The summed E-state index contributed by atoms with van der Waals surface area (Å²) in [6.45, 7) is 0. The van der Waals surface area contributed by atoms with Gasteiger partial charge in [0.25, 0.3) is 5.78 Å². The molecule has 2 aromatic rings.